The van der Waals surface area contributed by atoms with Crippen LogP contribution in [0.1, 0.15) is 32.1 Å². The SMILES string of the molecule is [NH]CCCCCCC[NH]. The average molecular weight is 128 g/mol. The Morgan fingerprint density at radius 1 is 0.556 bits per heavy atom. The fraction of sp³-hybridized carbons (Fsp3) is 1.00. The standard InChI is InChI=1S/C7H16N2/c8-6-4-2-1-3-5-7-9/h8-9H,1-7H2. The third-order valence-corrected chi connectivity index (χ3v) is 1.35. The quantitative estimate of drug-likeness (QED) is 0.487. The number of unbranched alkanes of at least 4 members (excludes halogenated alkanes) is 4. The van der Waals surface area contributed by atoms with E-state index in [2.05, 4.69) is 0 Å². The van der Waals surface area contributed by atoms with E-state index < -0.39 is 0 Å². The molecule has 0 rings (SSSR count). The van der Waals surface area contributed by atoms with Crippen molar-refractivity contribution in [1.82, 2.24) is 11.5 Å². The van der Waals surface area contributed by atoms with Crippen LogP contribution in [0.2, 0.25) is 0 Å². The Labute approximate surface area is 57.6 Å². The highest BCUT2D eigenvalue weighted by atomic mass is 14.5. The molecule has 54 valence electrons. The highest BCUT2D eigenvalue weighted by molar-refractivity contribution is 4.44. The fourth-order valence-corrected chi connectivity index (χ4v) is 0.780. The van der Waals surface area contributed by atoms with Crippen molar-refractivity contribution in [2.45, 2.75) is 32.1 Å². The largest absolute Gasteiger partial charge is 0.258 e. The fourth-order valence-electron chi connectivity index (χ4n) is 0.780. The van der Waals surface area contributed by atoms with Crippen molar-refractivity contribution >= 4 is 0 Å². The first-order valence-corrected chi connectivity index (χ1v) is 3.71. The van der Waals surface area contributed by atoms with Gasteiger partial charge in [0.2, 0.25) is 0 Å². The Balaban J connectivity index is 2.60. The minimum atomic E-state index is 0.570. The number of hydrogen-bond acceptors (Lipinski definition) is 0. The van der Waals surface area contributed by atoms with E-state index in [0.29, 0.717) is 13.1 Å². The van der Waals surface area contributed by atoms with Gasteiger partial charge in [0.15, 0.2) is 0 Å². The summed E-state index contributed by atoms with van der Waals surface area (Å²) in [6, 6.07) is 0. The van der Waals surface area contributed by atoms with E-state index in [0.717, 1.165) is 12.8 Å². The summed E-state index contributed by atoms with van der Waals surface area (Å²) in [6.45, 7) is 1.14. The van der Waals surface area contributed by atoms with Gasteiger partial charge >= 0.3 is 0 Å². The van der Waals surface area contributed by atoms with Crippen LogP contribution in [0.15, 0.2) is 0 Å². The predicted molar refractivity (Wildman–Crippen MR) is 39.0 cm³/mol. The van der Waals surface area contributed by atoms with Crippen molar-refractivity contribution in [2.24, 2.45) is 0 Å². The highest BCUT2D eigenvalue weighted by Crippen LogP contribution is 2.00. The smallest absolute Gasteiger partial charge is 0.00997 e. The molecule has 0 aliphatic carbocycles. The monoisotopic (exact) mass is 128 g/mol. The van der Waals surface area contributed by atoms with E-state index in [1.807, 2.05) is 0 Å². The van der Waals surface area contributed by atoms with Gasteiger partial charge in [-0.2, -0.15) is 0 Å². The van der Waals surface area contributed by atoms with Gasteiger partial charge in [0.1, 0.15) is 0 Å². The Bertz CT molecular complexity index is 40.2. The van der Waals surface area contributed by atoms with E-state index in [9.17, 15) is 0 Å². The predicted octanol–water partition coefficient (Wildman–Crippen LogP) is 1.50. The van der Waals surface area contributed by atoms with Gasteiger partial charge in [-0.1, -0.05) is 19.3 Å². The lowest BCUT2D eigenvalue weighted by molar-refractivity contribution is 0.617. The maximum Gasteiger partial charge on any atom is 0.00997 e. The summed E-state index contributed by atoms with van der Waals surface area (Å²) in [4.78, 5) is 0. The van der Waals surface area contributed by atoms with Crippen molar-refractivity contribution < 1.29 is 0 Å². The van der Waals surface area contributed by atoms with Gasteiger partial charge in [-0.15, -0.1) is 0 Å². The van der Waals surface area contributed by atoms with Crippen LogP contribution >= 0.6 is 0 Å². The molecule has 0 aromatic heterocycles. The number of hydrogen-bond donors (Lipinski definition) is 0. The molecule has 0 heterocycles. The molecular weight excluding hydrogens is 112 g/mol. The molecule has 0 fully saturated rings. The lowest BCUT2D eigenvalue weighted by atomic mass is 10.1. The van der Waals surface area contributed by atoms with Crippen LogP contribution in [-0.2, 0) is 0 Å². The van der Waals surface area contributed by atoms with E-state index >= 15 is 0 Å². The molecule has 0 saturated carbocycles. The second kappa shape index (κ2) is 7.92. The third kappa shape index (κ3) is 7.92. The Morgan fingerprint density at radius 2 is 0.889 bits per heavy atom. The molecule has 2 radical (unpaired) electrons. The van der Waals surface area contributed by atoms with Gasteiger partial charge in [0.25, 0.3) is 0 Å². The Kier molecular flexibility index (Phi) is 7.85. The number of nitrogens with one attached hydrogen (secondary N) is 2. The van der Waals surface area contributed by atoms with Crippen molar-refractivity contribution in [3.05, 3.63) is 0 Å². The maximum atomic E-state index is 6.85. The first kappa shape index (κ1) is 8.92. The molecule has 0 saturated heterocycles. The first-order chi connectivity index (χ1) is 4.41. The van der Waals surface area contributed by atoms with Gasteiger partial charge < -0.3 is 0 Å². The van der Waals surface area contributed by atoms with Crippen molar-refractivity contribution in [3.8, 4) is 0 Å². The van der Waals surface area contributed by atoms with E-state index in [-0.39, 0.29) is 0 Å². The topological polar surface area (TPSA) is 47.6 Å². The molecule has 0 amide bonds. The van der Waals surface area contributed by atoms with Gasteiger partial charge in [0.05, 0.1) is 0 Å². The molecular formula is C7H16N2. The summed E-state index contributed by atoms with van der Waals surface area (Å²) in [7, 11) is 0. The van der Waals surface area contributed by atoms with Gasteiger partial charge in [-0.3, -0.25) is 11.5 Å². The van der Waals surface area contributed by atoms with Crippen LogP contribution in [0.3, 0.4) is 0 Å². The first-order valence-electron chi connectivity index (χ1n) is 3.71. The molecule has 0 aliphatic heterocycles. The average Bonchev–Trinajstić information content (AvgIpc) is 1.89. The molecule has 9 heavy (non-hydrogen) atoms. The van der Waals surface area contributed by atoms with Crippen LogP contribution in [-0.4, -0.2) is 13.1 Å². The highest BCUT2D eigenvalue weighted by Gasteiger charge is 1.86. The molecule has 0 aromatic carbocycles. The Hall–Kier alpha value is -0.0800. The third-order valence-electron chi connectivity index (χ3n) is 1.35. The summed E-state index contributed by atoms with van der Waals surface area (Å²) in [5.41, 5.74) is 13.7. The summed E-state index contributed by atoms with van der Waals surface area (Å²) in [5, 5.41) is 0. The van der Waals surface area contributed by atoms with Gasteiger partial charge in [0, 0.05) is 13.1 Å². The number of rotatable bonds is 6. The normalized spacial score (nSPS) is 10.0. The van der Waals surface area contributed by atoms with Crippen LogP contribution in [0.25, 0.3) is 0 Å². The lowest BCUT2D eigenvalue weighted by Crippen LogP contribution is -1.87. The molecule has 2 heteroatoms. The van der Waals surface area contributed by atoms with Crippen LogP contribution < -0.4 is 11.5 Å². The van der Waals surface area contributed by atoms with Gasteiger partial charge in [-0.25, -0.2) is 0 Å². The minimum absolute atomic E-state index is 0.570. The van der Waals surface area contributed by atoms with Crippen molar-refractivity contribution in [1.29, 1.82) is 0 Å². The minimum Gasteiger partial charge on any atom is -0.258 e. The van der Waals surface area contributed by atoms with E-state index in [4.69, 9.17) is 11.5 Å². The Morgan fingerprint density at radius 3 is 1.22 bits per heavy atom. The zero-order valence-corrected chi connectivity index (χ0v) is 5.95. The summed E-state index contributed by atoms with van der Waals surface area (Å²) in [5.74, 6) is 0. The molecule has 0 atom stereocenters. The van der Waals surface area contributed by atoms with Crippen molar-refractivity contribution in [2.75, 3.05) is 13.1 Å². The molecule has 0 aliphatic rings. The van der Waals surface area contributed by atoms with Crippen LogP contribution in [0, 0.1) is 0 Å². The molecule has 0 bridgehead atoms. The lowest BCUT2D eigenvalue weighted by Gasteiger charge is -1.95. The van der Waals surface area contributed by atoms with Crippen molar-refractivity contribution in [3.63, 3.8) is 0 Å². The zero-order valence-electron chi connectivity index (χ0n) is 5.95. The molecule has 0 aromatic rings. The second-order valence-corrected chi connectivity index (χ2v) is 2.27. The molecule has 0 spiro atoms. The maximum absolute atomic E-state index is 6.85. The van der Waals surface area contributed by atoms with E-state index in [1.54, 1.807) is 0 Å². The summed E-state index contributed by atoms with van der Waals surface area (Å²) >= 11 is 0. The van der Waals surface area contributed by atoms with Crippen LogP contribution in [0.4, 0.5) is 0 Å². The summed E-state index contributed by atoms with van der Waals surface area (Å²) in [6.07, 6.45) is 5.67. The summed E-state index contributed by atoms with van der Waals surface area (Å²) < 4.78 is 0. The van der Waals surface area contributed by atoms with Crippen LogP contribution in [0.5, 0.6) is 0 Å². The molecule has 2 nitrogen and oxygen atoms in total. The van der Waals surface area contributed by atoms with E-state index in [1.165, 1.54) is 19.3 Å². The zero-order chi connectivity index (χ0) is 6.95. The second-order valence-electron chi connectivity index (χ2n) is 2.27. The molecule has 2 N–H and O–H groups in total. The molecule has 0 unspecified atom stereocenters. The van der Waals surface area contributed by atoms with Gasteiger partial charge in [-0.05, 0) is 12.8 Å².